The lowest BCUT2D eigenvalue weighted by atomic mass is 10.1. The van der Waals surface area contributed by atoms with Gasteiger partial charge in [-0.15, -0.1) is 0 Å². The molecule has 3 aromatic rings. The molecule has 1 unspecified atom stereocenters. The Balaban J connectivity index is 1.72. The van der Waals surface area contributed by atoms with Crippen LogP contribution in [-0.2, 0) is 0 Å². The second-order valence-electron chi connectivity index (χ2n) is 5.11. The molecule has 1 atom stereocenters. The maximum atomic E-state index is 13.6. The summed E-state index contributed by atoms with van der Waals surface area (Å²) in [5, 5.41) is 6.85. The van der Waals surface area contributed by atoms with E-state index in [1.165, 1.54) is 18.5 Å². The summed E-state index contributed by atoms with van der Waals surface area (Å²) >= 11 is 0. The van der Waals surface area contributed by atoms with Crippen LogP contribution in [0.5, 0.6) is 0 Å². The van der Waals surface area contributed by atoms with Crippen LogP contribution in [0.25, 0.3) is 5.69 Å². The number of nitrogens with one attached hydrogen (secondary N) is 1. The minimum atomic E-state index is -0.529. The lowest BCUT2D eigenvalue weighted by Gasteiger charge is -2.15. The van der Waals surface area contributed by atoms with E-state index < -0.39 is 11.7 Å². The van der Waals surface area contributed by atoms with Crippen molar-refractivity contribution >= 4 is 5.91 Å². The minimum absolute atomic E-state index is 0.0404. The van der Waals surface area contributed by atoms with Crippen molar-refractivity contribution in [2.75, 3.05) is 0 Å². The molecular weight excluding hydrogens is 295 g/mol. The summed E-state index contributed by atoms with van der Waals surface area (Å²) in [5.74, 6) is -0.963. The SMILES string of the molecule is CC(NC(=O)c1ccccc1F)c1ccc(-n2cncn2)cc1. The highest BCUT2D eigenvalue weighted by Crippen LogP contribution is 2.16. The van der Waals surface area contributed by atoms with E-state index in [0.29, 0.717) is 0 Å². The van der Waals surface area contributed by atoms with Crippen LogP contribution in [0.4, 0.5) is 4.39 Å². The number of hydrogen-bond acceptors (Lipinski definition) is 3. The van der Waals surface area contributed by atoms with Crippen LogP contribution in [0, 0.1) is 5.82 Å². The minimum Gasteiger partial charge on any atom is -0.345 e. The number of halogens is 1. The van der Waals surface area contributed by atoms with E-state index in [1.54, 1.807) is 23.1 Å². The molecule has 0 aliphatic heterocycles. The molecule has 1 amide bonds. The largest absolute Gasteiger partial charge is 0.345 e. The van der Waals surface area contributed by atoms with E-state index in [4.69, 9.17) is 0 Å². The third-order valence-electron chi connectivity index (χ3n) is 3.54. The fraction of sp³-hybridized carbons (Fsp3) is 0.118. The molecule has 116 valence electrons. The first kappa shape index (κ1) is 14.9. The normalized spacial score (nSPS) is 11.9. The maximum absolute atomic E-state index is 13.6. The monoisotopic (exact) mass is 310 g/mol. The molecule has 0 bridgehead atoms. The molecule has 0 aliphatic rings. The summed E-state index contributed by atoms with van der Waals surface area (Å²) in [6.45, 7) is 1.85. The standard InChI is InChI=1S/C17H15FN4O/c1-12(21-17(23)15-4-2-3-5-16(15)18)13-6-8-14(9-7-13)22-11-19-10-20-22/h2-12H,1H3,(H,21,23). The van der Waals surface area contributed by atoms with E-state index in [2.05, 4.69) is 15.4 Å². The van der Waals surface area contributed by atoms with Gasteiger partial charge in [-0.3, -0.25) is 4.79 Å². The summed E-state index contributed by atoms with van der Waals surface area (Å²) in [4.78, 5) is 16.0. The predicted molar refractivity (Wildman–Crippen MR) is 83.6 cm³/mol. The van der Waals surface area contributed by atoms with Gasteiger partial charge in [0.05, 0.1) is 17.3 Å². The zero-order valence-electron chi connectivity index (χ0n) is 12.5. The quantitative estimate of drug-likeness (QED) is 0.806. The average molecular weight is 310 g/mol. The molecule has 1 heterocycles. The summed E-state index contributed by atoms with van der Waals surface area (Å²) in [6.07, 6.45) is 3.07. The smallest absolute Gasteiger partial charge is 0.254 e. The van der Waals surface area contributed by atoms with Crippen LogP contribution in [0.3, 0.4) is 0 Å². The van der Waals surface area contributed by atoms with E-state index in [-0.39, 0.29) is 11.6 Å². The molecular formula is C17H15FN4O. The van der Waals surface area contributed by atoms with Gasteiger partial charge in [0, 0.05) is 0 Å². The van der Waals surface area contributed by atoms with Gasteiger partial charge in [0.1, 0.15) is 18.5 Å². The topological polar surface area (TPSA) is 59.8 Å². The summed E-state index contributed by atoms with van der Waals surface area (Å²) in [5.41, 5.74) is 1.83. The summed E-state index contributed by atoms with van der Waals surface area (Å²) in [6, 6.07) is 13.2. The molecule has 1 N–H and O–H groups in total. The maximum Gasteiger partial charge on any atom is 0.254 e. The van der Waals surface area contributed by atoms with Crippen LogP contribution in [0.15, 0.2) is 61.2 Å². The van der Waals surface area contributed by atoms with Gasteiger partial charge < -0.3 is 5.32 Å². The van der Waals surface area contributed by atoms with E-state index in [0.717, 1.165) is 11.3 Å². The fourth-order valence-electron chi connectivity index (χ4n) is 2.26. The average Bonchev–Trinajstić information content (AvgIpc) is 3.09. The number of rotatable bonds is 4. The van der Waals surface area contributed by atoms with Crippen LogP contribution in [-0.4, -0.2) is 20.7 Å². The zero-order chi connectivity index (χ0) is 16.2. The number of benzene rings is 2. The fourth-order valence-corrected chi connectivity index (χ4v) is 2.26. The third-order valence-corrected chi connectivity index (χ3v) is 3.54. The number of nitrogens with zero attached hydrogens (tertiary/aromatic N) is 3. The van der Waals surface area contributed by atoms with Gasteiger partial charge >= 0.3 is 0 Å². The van der Waals surface area contributed by atoms with Gasteiger partial charge in [0.2, 0.25) is 0 Å². The van der Waals surface area contributed by atoms with Crippen LogP contribution in [0.2, 0.25) is 0 Å². The van der Waals surface area contributed by atoms with Gasteiger partial charge in [-0.2, -0.15) is 5.10 Å². The van der Waals surface area contributed by atoms with Crippen molar-refractivity contribution in [3.63, 3.8) is 0 Å². The van der Waals surface area contributed by atoms with Gasteiger partial charge in [-0.1, -0.05) is 24.3 Å². The molecule has 23 heavy (non-hydrogen) atoms. The second kappa shape index (κ2) is 6.39. The summed E-state index contributed by atoms with van der Waals surface area (Å²) in [7, 11) is 0. The van der Waals surface area contributed by atoms with Crippen molar-refractivity contribution in [2.45, 2.75) is 13.0 Å². The van der Waals surface area contributed by atoms with Gasteiger partial charge in [-0.25, -0.2) is 14.1 Å². The first-order valence-corrected chi connectivity index (χ1v) is 7.15. The lowest BCUT2D eigenvalue weighted by molar-refractivity contribution is 0.0936. The Morgan fingerprint density at radius 3 is 2.57 bits per heavy atom. The Hall–Kier alpha value is -3.02. The van der Waals surface area contributed by atoms with Crippen molar-refractivity contribution in [3.05, 3.63) is 78.1 Å². The molecule has 6 heteroatoms. The van der Waals surface area contributed by atoms with Gasteiger partial charge in [0.15, 0.2) is 0 Å². The Kier molecular flexibility index (Phi) is 4.14. The molecule has 0 fully saturated rings. The Bertz CT molecular complexity index is 800. The molecule has 2 aromatic carbocycles. The highest BCUT2D eigenvalue weighted by molar-refractivity contribution is 5.94. The van der Waals surface area contributed by atoms with Crippen LogP contribution < -0.4 is 5.32 Å². The van der Waals surface area contributed by atoms with Crippen molar-refractivity contribution < 1.29 is 9.18 Å². The molecule has 5 nitrogen and oxygen atoms in total. The Morgan fingerprint density at radius 2 is 1.91 bits per heavy atom. The molecule has 0 saturated heterocycles. The highest BCUT2D eigenvalue weighted by atomic mass is 19.1. The van der Waals surface area contributed by atoms with Crippen molar-refractivity contribution in [1.82, 2.24) is 20.1 Å². The van der Waals surface area contributed by atoms with Crippen molar-refractivity contribution in [1.29, 1.82) is 0 Å². The lowest BCUT2D eigenvalue weighted by Crippen LogP contribution is -2.27. The molecule has 1 aromatic heterocycles. The molecule has 0 radical (unpaired) electrons. The number of carbonyl (C=O) groups excluding carboxylic acids is 1. The van der Waals surface area contributed by atoms with Gasteiger partial charge in [0.25, 0.3) is 5.91 Å². The first-order valence-electron chi connectivity index (χ1n) is 7.15. The van der Waals surface area contributed by atoms with Crippen molar-refractivity contribution in [2.24, 2.45) is 0 Å². The highest BCUT2D eigenvalue weighted by Gasteiger charge is 2.14. The van der Waals surface area contributed by atoms with Crippen molar-refractivity contribution in [3.8, 4) is 5.69 Å². The first-order chi connectivity index (χ1) is 11.1. The third kappa shape index (κ3) is 3.26. The number of hydrogen-bond donors (Lipinski definition) is 1. The molecule has 0 spiro atoms. The number of amides is 1. The zero-order valence-corrected chi connectivity index (χ0v) is 12.5. The van der Waals surface area contributed by atoms with Crippen LogP contribution in [0.1, 0.15) is 28.9 Å². The Morgan fingerprint density at radius 1 is 1.17 bits per heavy atom. The van der Waals surface area contributed by atoms with Crippen LogP contribution >= 0.6 is 0 Å². The molecule has 3 rings (SSSR count). The van der Waals surface area contributed by atoms with E-state index >= 15 is 0 Å². The predicted octanol–water partition coefficient (Wildman–Crippen LogP) is 2.90. The van der Waals surface area contributed by atoms with E-state index in [1.807, 2.05) is 31.2 Å². The molecule has 0 aliphatic carbocycles. The number of aromatic nitrogens is 3. The van der Waals surface area contributed by atoms with E-state index in [9.17, 15) is 9.18 Å². The summed E-state index contributed by atoms with van der Waals surface area (Å²) < 4.78 is 15.3. The van der Waals surface area contributed by atoms with Gasteiger partial charge in [-0.05, 0) is 36.8 Å². The number of carbonyl (C=O) groups is 1. The second-order valence-corrected chi connectivity index (χ2v) is 5.11. The molecule has 0 saturated carbocycles. The Labute approximate surface area is 132 Å².